The maximum absolute atomic E-state index is 10.9. The van der Waals surface area contributed by atoms with Gasteiger partial charge in [0.1, 0.15) is 6.04 Å². The van der Waals surface area contributed by atoms with E-state index in [2.05, 4.69) is 5.32 Å². The summed E-state index contributed by atoms with van der Waals surface area (Å²) in [6.07, 6.45) is 0.904. The van der Waals surface area contributed by atoms with Crippen molar-refractivity contribution in [2.45, 2.75) is 18.4 Å². The van der Waals surface area contributed by atoms with E-state index in [9.17, 15) is 4.79 Å². The van der Waals surface area contributed by atoms with Gasteiger partial charge < -0.3 is 10.4 Å². The van der Waals surface area contributed by atoms with Crippen LogP contribution in [-0.2, 0) is 4.79 Å². The van der Waals surface area contributed by atoms with Crippen LogP contribution in [0.15, 0.2) is 30.3 Å². The van der Waals surface area contributed by atoms with Crippen LogP contribution >= 0.6 is 0 Å². The van der Waals surface area contributed by atoms with Crippen molar-refractivity contribution in [1.82, 2.24) is 5.32 Å². The molecule has 3 nitrogen and oxygen atoms in total. The number of hydrogen-bond donors (Lipinski definition) is 2. The number of benzene rings is 1. The molecule has 3 heteroatoms. The van der Waals surface area contributed by atoms with Crippen LogP contribution in [0.1, 0.15) is 17.9 Å². The fourth-order valence-electron chi connectivity index (χ4n) is 2.02. The van der Waals surface area contributed by atoms with Crippen molar-refractivity contribution >= 4 is 5.97 Å². The molecule has 2 atom stereocenters. The van der Waals surface area contributed by atoms with Gasteiger partial charge in [0.15, 0.2) is 0 Å². The number of hydrogen-bond acceptors (Lipinski definition) is 2. The lowest BCUT2D eigenvalue weighted by molar-refractivity contribution is -0.139. The zero-order chi connectivity index (χ0) is 9.97. The van der Waals surface area contributed by atoms with Crippen molar-refractivity contribution in [2.75, 3.05) is 6.54 Å². The van der Waals surface area contributed by atoms with Crippen LogP contribution < -0.4 is 5.32 Å². The van der Waals surface area contributed by atoms with Crippen LogP contribution in [-0.4, -0.2) is 23.7 Å². The van der Waals surface area contributed by atoms with Crippen molar-refractivity contribution < 1.29 is 9.90 Å². The van der Waals surface area contributed by atoms with Gasteiger partial charge in [0.2, 0.25) is 0 Å². The van der Waals surface area contributed by atoms with Gasteiger partial charge in [-0.05, 0) is 18.5 Å². The molecule has 0 radical (unpaired) electrons. The third-order valence-electron chi connectivity index (χ3n) is 2.72. The van der Waals surface area contributed by atoms with Crippen LogP contribution in [0.2, 0.25) is 0 Å². The monoisotopic (exact) mass is 191 g/mol. The smallest absolute Gasteiger partial charge is 0.321 e. The first-order valence-electron chi connectivity index (χ1n) is 4.80. The average molecular weight is 191 g/mol. The molecule has 0 bridgehead atoms. The third-order valence-corrected chi connectivity index (χ3v) is 2.72. The summed E-state index contributed by atoms with van der Waals surface area (Å²) in [4.78, 5) is 10.9. The van der Waals surface area contributed by atoms with Crippen LogP contribution in [0, 0.1) is 0 Å². The Kier molecular flexibility index (Phi) is 2.50. The lowest BCUT2D eigenvalue weighted by atomic mass is 9.92. The first kappa shape index (κ1) is 9.21. The second-order valence-corrected chi connectivity index (χ2v) is 3.58. The summed E-state index contributed by atoms with van der Waals surface area (Å²) in [5, 5.41) is 12.0. The largest absolute Gasteiger partial charge is 0.480 e. The Morgan fingerprint density at radius 2 is 2.07 bits per heavy atom. The molecule has 0 saturated carbocycles. The Morgan fingerprint density at radius 1 is 1.36 bits per heavy atom. The van der Waals surface area contributed by atoms with Crippen molar-refractivity contribution in [1.29, 1.82) is 0 Å². The van der Waals surface area contributed by atoms with Crippen LogP contribution in [0.4, 0.5) is 0 Å². The highest BCUT2D eigenvalue weighted by Gasteiger charge is 2.33. The van der Waals surface area contributed by atoms with E-state index in [1.54, 1.807) is 0 Å². The minimum Gasteiger partial charge on any atom is -0.480 e. The quantitative estimate of drug-likeness (QED) is 0.738. The highest BCUT2D eigenvalue weighted by Crippen LogP contribution is 2.27. The molecular weight excluding hydrogens is 178 g/mol. The first-order chi connectivity index (χ1) is 6.79. The number of rotatable bonds is 2. The highest BCUT2D eigenvalue weighted by molar-refractivity contribution is 5.75. The molecule has 0 spiro atoms. The Morgan fingerprint density at radius 3 is 2.71 bits per heavy atom. The third kappa shape index (κ3) is 1.63. The van der Waals surface area contributed by atoms with Gasteiger partial charge in [-0.25, -0.2) is 0 Å². The lowest BCUT2D eigenvalue weighted by Gasteiger charge is -2.15. The Bertz CT molecular complexity index is 323. The molecule has 1 heterocycles. The molecule has 0 amide bonds. The summed E-state index contributed by atoms with van der Waals surface area (Å²) in [5.41, 5.74) is 1.12. The fraction of sp³-hybridized carbons (Fsp3) is 0.364. The van der Waals surface area contributed by atoms with E-state index in [0.717, 1.165) is 18.5 Å². The number of carbonyl (C=O) groups is 1. The van der Waals surface area contributed by atoms with E-state index in [4.69, 9.17) is 5.11 Å². The van der Waals surface area contributed by atoms with E-state index in [1.165, 1.54) is 0 Å². The molecule has 2 rings (SSSR count). The van der Waals surface area contributed by atoms with Gasteiger partial charge in [-0.3, -0.25) is 4.79 Å². The van der Waals surface area contributed by atoms with Gasteiger partial charge in [0.05, 0.1) is 0 Å². The summed E-state index contributed by atoms with van der Waals surface area (Å²) >= 11 is 0. The molecular formula is C11H13NO2. The standard InChI is InChI=1S/C11H13NO2/c13-11(14)10-9(6-7-12-10)8-4-2-1-3-5-8/h1-5,9-10,12H,6-7H2,(H,13,14)/t9?,10-/m0/s1. The van der Waals surface area contributed by atoms with Crippen molar-refractivity contribution in [3.05, 3.63) is 35.9 Å². The maximum atomic E-state index is 10.9. The van der Waals surface area contributed by atoms with Crippen molar-refractivity contribution in [2.24, 2.45) is 0 Å². The first-order valence-corrected chi connectivity index (χ1v) is 4.80. The Hall–Kier alpha value is -1.35. The van der Waals surface area contributed by atoms with Crippen molar-refractivity contribution in [3.8, 4) is 0 Å². The molecule has 1 aliphatic heterocycles. The molecule has 1 aliphatic rings. The lowest BCUT2D eigenvalue weighted by Crippen LogP contribution is -2.34. The zero-order valence-corrected chi connectivity index (χ0v) is 7.81. The second-order valence-electron chi connectivity index (χ2n) is 3.58. The van der Waals surface area contributed by atoms with E-state index in [0.29, 0.717) is 0 Å². The second kappa shape index (κ2) is 3.80. The van der Waals surface area contributed by atoms with E-state index in [1.807, 2.05) is 30.3 Å². The van der Waals surface area contributed by atoms with Gasteiger partial charge >= 0.3 is 5.97 Å². The number of nitrogens with one attached hydrogen (secondary N) is 1. The highest BCUT2D eigenvalue weighted by atomic mass is 16.4. The molecule has 1 fully saturated rings. The van der Waals surface area contributed by atoms with Crippen LogP contribution in [0.3, 0.4) is 0 Å². The van der Waals surface area contributed by atoms with Gasteiger partial charge in [-0.15, -0.1) is 0 Å². The maximum Gasteiger partial charge on any atom is 0.321 e. The van der Waals surface area contributed by atoms with Crippen LogP contribution in [0.5, 0.6) is 0 Å². The molecule has 0 aliphatic carbocycles. The Labute approximate surface area is 82.8 Å². The van der Waals surface area contributed by atoms with Gasteiger partial charge in [-0.1, -0.05) is 30.3 Å². The van der Waals surface area contributed by atoms with E-state index < -0.39 is 12.0 Å². The molecule has 1 aromatic rings. The summed E-state index contributed by atoms with van der Waals surface area (Å²) in [5.74, 6) is -0.634. The number of carboxylic acids is 1. The molecule has 1 aromatic carbocycles. The zero-order valence-electron chi connectivity index (χ0n) is 7.81. The molecule has 14 heavy (non-hydrogen) atoms. The minimum absolute atomic E-state index is 0.119. The van der Waals surface area contributed by atoms with E-state index in [-0.39, 0.29) is 5.92 Å². The summed E-state index contributed by atoms with van der Waals surface area (Å²) in [7, 11) is 0. The SMILES string of the molecule is O=C(O)[C@H]1NCCC1c1ccccc1. The number of carboxylic acid groups (broad SMARTS) is 1. The molecule has 74 valence electrons. The molecule has 0 aromatic heterocycles. The molecule has 2 N–H and O–H groups in total. The number of aliphatic carboxylic acids is 1. The van der Waals surface area contributed by atoms with Gasteiger partial charge in [-0.2, -0.15) is 0 Å². The Balaban J connectivity index is 2.22. The fourth-order valence-corrected chi connectivity index (χ4v) is 2.02. The predicted octanol–water partition coefficient (Wildman–Crippen LogP) is 1.22. The van der Waals surface area contributed by atoms with E-state index >= 15 is 0 Å². The molecule has 1 unspecified atom stereocenters. The van der Waals surface area contributed by atoms with Crippen LogP contribution in [0.25, 0.3) is 0 Å². The predicted molar refractivity (Wildman–Crippen MR) is 53.2 cm³/mol. The summed E-state index contributed by atoms with van der Waals surface area (Å²) in [6.45, 7) is 0.788. The van der Waals surface area contributed by atoms with Crippen molar-refractivity contribution in [3.63, 3.8) is 0 Å². The summed E-state index contributed by atoms with van der Waals surface area (Å²) in [6, 6.07) is 9.42. The topological polar surface area (TPSA) is 49.3 Å². The minimum atomic E-state index is -0.753. The van der Waals surface area contributed by atoms with Gasteiger partial charge in [0.25, 0.3) is 0 Å². The normalized spacial score (nSPS) is 26.3. The molecule has 1 saturated heterocycles. The van der Waals surface area contributed by atoms with Gasteiger partial charge in [0, 0.05) is 5.92 Å². The average Bonchev–Trinajstić information content (AvgIpc) is 2.67. The summed E-state index contributed by atoms with van der Waals surface area (Å²) < 4.78 is 0.